The summed E-state index contributed by atoms with van der Waals surface area (Å²) in [7, 11) is 2.86. The lowest BCUT2D eigenvalue weighted by molar-refractivity contribution is -0.111. The van der Waals surface area contributed by atoms with Crippen molar-refractivity contribution in [1.29, 1.82) is 0 Å². The highest BCUT2D eigenvalue weighted by Gasteiger charge is 2.23. The first-order chi connectivity index (χ1) is 13.3. The van der Waals surface area contributed by atoms with Crippen molar-refractivity contribution in [2.24, 2.45) is 0 Å². The van der Waals surface area contributed by atoms with E-state index in [0.717, 1.165) is 0 Å². The molecule has 3 rings (SSSR count). The number of methoxy groups -OCH3 is 2. The number of ether oxygens (including phenoxy) is 2. The van der Waals surface area contributed by atoms with E-state index in [2.05, 4.69) is 0 Å². The minimum Gasteiger partial charge on any atom is -0.503 e. The Bertz CT molecular complexity index is 929. The van der Waals surface area contributed by atoms with Crippen LogP contribution in [0.15, 0.2) is 35.4 Å². The van der Waals surface area contributed by atoms with Gasteiger partial charge in [0.2, 0.25) is 0 Å². The molecule has 146 valence electrons. The number of carbonyl (C=O) groups is 1. The Morgan fingerprint density at radius 3 is 1.57 bits per heavy atom. The molecule has 0 aliphatic heterocycles. The van der Waals surface area contributed by atoms with Crippen LogP contribution in [-0.2, 0) is 4.79 Å². The summed E-state index contributed by atoms with van der Waals surface area (Å²) in [5, 5.41) is 20.0. The molecule has 0 unspecified atom stereocenters. The van der Waals surface area contributed by atoms with Gasteiger partial charge in [-0.3, -0.25) is 4.79 Å². The van der Waals surface area contributed by atoms with Crippen LogP contribution < -0.4 is 9.47 Å². The zero-order valence-corrected chi connectivity index (χ0v) is 16.8. The van der Waals surface area contributed by atoms with Crippen LogP contribution in [0.5, 0.6) is 23.0 Å². The Hall–Kier alpha value is -2.63. The molecule has 28 heavy (non-hydrogen) atoms. The number of phenolic OH excluding ortho intramolecular Hbond substituents is 2. The third-order valence-corrected chi connectivity index (χ3v) is 5.05. The summed E-state index contributed by atoms with van der Waals surface area (Å²) in [5.41, 5.74) is 2.59. The van der Waals surface area contributed by atoms with Crippen molar-refractivity contribution >= 4 is 41.1 Å². The molecule has 2 aromatic carbocycles. The molecule has 0 heterocycles. The first kappa shape index (κ1) is 20.1. The molecule has 0 aromatic heterocycles. The first-order valence-corrected chi connectivity index (χ1v) is 9.18. The predicted molar refractivity (Wildman–Crippen MR) is 110 cm³/mol. The van der Waals surface area contributed by atoms with Gasteiger partial charge in [0, 0.05) is 11.1 Å². The zero-order valence-electron chi connectivity index (χ0n) is 15.3. The van der Waals surface area contributed by atoms with Crippen molar-refractivity contribution in [1.82, 2.24) is 0 Å². The molecule has 7 heteroatoms. The lowest BCUT2D eigenvalue weighted by atomic mass is 10.1. The molecule has 1 fully saturated rings. The highest BCUT2D eigenvalue weighted by molar-refractivity contribution is 6.32. The molecular formula is C21H18Cl2O5. The van der Waals surface area contributed by atoms with Gasteiger partial charge in [0.1, 0.15) is 0 Å². The highest BCUT2D eigenvalue weighted by Crippen LogP contribution is 2.38. The molecule has 0 bridgehead atoms. The van der Waals surface area contributed by atoms with Crippen molar-refractivity contribution in [3.8, 4) is 23.0 Å². The van der Waals surface area contributed by atoms with Crippen LogP contribution in [0.4, 0.5) is 0 Å². The Balaban J connectivity index is 1.91. The first-order valence-electron chi connectivity index (χ1n) is 8.43. The molecule has 1 aliphatic carbocycles. The third kappa shape index (κ3) is 3.96. The lowest BCUT2D eigenvalue weighted by Crippen LogP contribution is -1.96. The quantitative estimate of drug-likeness (QED) is 0.660. The van der Waals surface area contributed by atoms with Gasteiger partial charge in [0.15, 0.2) is 28.8 Å². The summed E-state index contributed by atoms with van der Waals surface area (Å²) < 4.78 is 10.2. The lowest BCUT2D eigenvalue weighted by Gasteiger charge is -2.07. The summed E-state index contributed by atoms with van der Waals surface area (Å²) >= 11 is 12.0. The maximum atomic E-state index is 12.8. The second kappa shape index (κ2) is 8.17. The van der Waals surface area contributed by atoms with Crippen LogP contribution >= 0.6 is 23.2 Å². The summed E-state index contributed by atoms with van der Waals surface area (Å²) in [5.74, 6) is 0.134. The molecule has 0 spiro atoms. The molecule has 0 radical (unpaired) electrons. The maximum Gasteiger partial charge on any atom is 0.185 e. The van der Waals surface area contributed by atoms with Crippen LogP contribution in [0.1, 0.15) is 24.0 Å². The fraction of sp³-hybridized carbons (Fsp3) is 0.190. The van der Waals surface area contributed by atoms with Gasteiger partial charge in [-0.05, 0) is 60.4 Å². The van der Waals surface area contributed by atoms with Gasteiger partial charge in [0.25, 0.3) is 0 Å². The summed E-state index contributed by atoms with van der Waals surface area (Å²) in [6.07, 6.45) is 4.63. The fourth-order valence-electron chi connectivity index (χ4n) is 3.05. The molecule has 2 aromatic rings. The van der Waals surface area contributed by atoms with Gasteiger partial charge >= 0.3 is 0 Å². The van der Waals surface area contributed by atoms with Crippen molar-refractivity contribution in [3.05, 3.63) is 56.6 Å². The van der Waals surface area contributed by atoms with E-state index in [4.69, 9.17) is 32.7 Å². The van der Waals surface area contributed by atoms with Gasteiger partial charge in [-0.15, -0.1) is 0 Å². The number of benzene rings is 2. The topological polar surface area (TPSA) is 76.0 Å². The zero-order chi connectivity index (χ0) is 20.4. The second-order valence-electron chi connectivity index (χ2n) is 6.28. The average molecular weight is 421 g/mol. The fourth-order valence-corrected chi connectivity index (χ4v) is 3.48. The number of aromatic hydroxyl groups is 2. The van der Waals surface area contributed by atoms with Crippen molar-refractivity contribution in [2.75, 3.05) is 14.2 Å². The Morgan fingerprint density at radius 2 is 1.21 bits per heavy atom. The van der Waals surface area contributed by atoms with Gasteiger partial charge < -0.3 is 19.7 Å². The molecule has 5 nitrogen and oxygen atoms in total. The minimum atomic E-state index is -0.136. The number of halogens is 2. The number of phenols is 2. The van der Waals surface area contributed by atoms with Gasteiger partial charge in [0.05, 0.1) is 24.3 Å². The van der Waals surface area contributed by atoms with E-state index in [1.54, 1.807) is 36.4 Å². The number of Topliss-reactive ketones (excluding diaryl/α,β-unsaturated/α-hetero) is 1. The van der Waals surface area contributed by atoms with E-state index in [1.807, 2.05) is 0 Å². The predicted octanol–water partition coefficient (Wildman–Crippen LogP) is 5.25. The molecule has 1 saturated carbocycles. The van der Waals surface area contributed by atoms with Gasteiger partial charge in [-0.25, -0.2) is 0 Å². The number of hydrogen-bond donors (Lipinski definition) is 2. The van der Waals surface area contributed by atoms with E-state index >= 15 is 0 Å². The van der Waals surface area contributed by atoms with Crippen molar-refractivity contribution in [2.45, 2.75) is 12.8 Å². The average Bonchev–Trinajstić information content (AvgIpc) is 3.00. The molecule has 0 saturated heterocycles. The second-order valence-corrected chi connectivity index (χ2v) is 7.09. The summed E-state index contributed by atoms with van der Waals surface area (Å²) in [4.78, 5) is 12.8. The van der Waals surface area contributed by atoms with Crippen LogP contribution in [0.2, 0.25) is 10.0 Å². The monoisotopic (exact) mass is 420 g/mol. The van der Waals surface area contributed by atoms with Crippen molar-refractivity contribution in [3.63, 3.8) is 0 Å². The molecule has 0 atom stereocenters. The van der Waals surface area contributed by atoms with E-state index in [1.165, 1.54) is 14.2 Å². The Morgan fingerprint density at radius 1 is 0.821 bits per heavy atom. The SMILES string of the molecule is COc1cc(/C=C2\CC/C(=C\c3cc(Cl)c(O)c(OC)c3)C2=O)cc(Cl)c1O. The van der Waals surface area contributed by atoms with Gasteiger partial charge in [-0.1, -0.05) is 23.2 Å². The number of ketones is 1. The van der Waals surface area contributed by atoms with Gasteiger partial charge in [-0.2, -0.15) is 0 Å². The van der Waals surface area contributed by atoms with E-state index in [-0.39, 0.29) is 38.8 Å². The Kier molecular flexibility index (Phi) is 5.87. The highest BCUT2D eigenvalue weighted by atomic mass is 35.5. The molecule has 2 N–H and O–H groups in total. The van der Waals surface area contributed by atoms with Crippen LogP contribution in [0.25, 0.3) is 12.2 Å². The number of allylic oxidation sites excluding steroid dienone is 2. The molecular weight excluding hydrogens is 403 g/mol. The normalized spacial score (nSPS) is 16.8. The van der Waals surface area contributed by atoms with E-state index in [0.29, 0.717) is 35.1 Å². The summed E-state index contributed by atoms with van der Waals surface area (Å²) in [6, 6.07) is 6.39. The maximum absolute atomic E-state index is 12.8. The van der Waals surface area contributed by atoms with E-state index < -0.39 is 0 Å². The van der Waals surface area contributed by atoms with E-state index in [9.17, 15) is 15.0 Å². The number of hydrogen-bond acceptors (Lipinski definition) is 5. The van der Waals surface area contributed by atoms with Crippen LogP contribution in [0.3, 0.4) is 0 Å². The third-order valence-electron chi connectivity index (χ3n) is 4.47. The molecule has 0 amide bonds. The number of carbonyl (C=O) groups excluding carboxylic acids is 1. The smallest absolute Gasteiger partial charge is 0.185 e. The standard InChI is InChI=1S/C21H18Cl2O5/c1-27-17-9-11(7-15(22)20(17)25)5-13-3-4-14(19(13)24)6-12-8-16(23)21(26)18(10-12)28-2/h5-10,25-26H,3-4H2,1-2H3/b13-5+,14-6+. The minimum absolute atomic E-state index is 0.0775. The summed E-state index contributed by atoms with van der Waals surface area (Å²) in [6.45, 7) is 0. The largest absolute Gasteiger partial charge is 0.503 e. The van der Waals surface area contributed by atoms with Crippen molar-refractivity contribution < 1.29 is 24.5 Å². The molecule has 1 aliphatic rings. The number of rotatable bonds is 4. The van der Waals surface area contributed by atoms with Crippen LogP contribution in [-0.4, -0.2) is 30.2 Å². The van der Waals surface area contributed by atoms with Crippen LogP contribution in [0, 0.1) is 0 Å². The Labute approximate surface area is 172 Å².